The van der Waals surface area contributed by atoms with Gasteiger partial charge in [0.1, 0.15) is 17.9 Å². The molecule has 0 aromatic carbocycles. The molecule has 2 aliphatic carbocycles. The monoisotopic (exact) mass is 390 g/mol. The summed E-state index contributed by atoms with van der Waals surface area (Å²) in [6, 6.07) is 0.266. The Balaban J connectivity index is 1.38. The largest absolute Gasteiger partial charge is 0.462 e. The van der Waals surface area contributed by atoms with Gasteiger partial charge in [0.15, 0.2) is 10.8 Å². The van der Waals surface area contributed by atoms with E-state index in [1.54, 1.807) is 0 Å². The third-order valence-corrected chi connectivity index (χ3v) is 6.43. The van der Waals surface area contributed by atoms with E-state index in [0.29, 0.717) is 28.9 Å². The molecule has 0 aliphatic heterocycles. The van der Waals surface area contributed by atoms with E-state index in [0.717, 1.165) is 37.8 Å². The van der Waals surface area contributed by atoms with Crippen molar-refractivity contribution in [1.29, 1.82) is 0 Å². The molecule has 4 rings (SSSR count). The minimum atomic E-state index is -0.0383. The number of fused-ring (bicyclic) bond motifs is 3. The zero-order valence-corrected chi connectivity index (χ0v) is 16.6. The maximum absolute atomic E-state index is 12.3. The molecule has 6 nitrogen and oxygen atoms in total. The van der Waals surface area contributed by atoms with Crippen LogP contribution in [0.1, 0.15) is 70.8 Å². The van der Waals surface area contributed by atoms with Gasteiger partial charge in [0, 0.05) is 18.4 Å². The zero-order valence-electron chi connectivity index (χ0n) is 15.8. The van der Waals surface area contributed by atoms with E-state index in [9.17, 15) is 4.79 Å². The van der Waals surface area contributed by atoms with Gasteiger partial charge in [-0.1, -0.05) is 44.2 Å². The molecule has 2 bridgehead atoms. The Morgan fingerprint density at radius 2 is 2.04 bits per heavy atom. The van der Waals surface area contributed by atoms with Crippen LogP contribution in [0.15, 0.2) is 12.7 Å². The molecular weight excluding hydrogens is 364 g/mol. The van der Waals surface area contributed by atoms with Crippen LogP contribution < -0.4 is 0 Å². The fraction of sp³-hybridized carbons (Fsp3) is 0.700. The van der Waals surface area contributed by atoms with Gasteiger partial charge in [-0.2, -0.15) is 0 Å². The number of imidazole rings is 1. The summed E-state index contributed by atoms with van der Waals surface area (Å²) in [6.45, 7) is 2.20. The lowest BCUT2D eigenvalue weighted by Crippen LogP contribution is -2.31. The summed E-state index contributed by atoms with van der Waals surface area (Å²) in [7, 11) is 0. The van der Waals surface area contributed by atoms with E-state index in [-0.39, 0.29) is 18.1 Å². The minimum absolute atomic E-state index is 0.0200. The third-order valence-electron chi connectivity index (χ3n) is 6.16. The Kier molecular flexibility index (Phi) is 5.62. The van der Waals surface area contributed by atoms with Crippen LogP contribution >= 0.6 is 11.6 Å². The molecule has 0 spiro atoms. The summed E-state index contributed by atoms with van der Waals surface area (Å²) in [5.41, 5.74) is 1.41. The van der Waals surface area contributed by atoms with Crippen molar-refractivity contribution in [3.63, 3.8) is 0 Å². The van der Waals surface area contributed by atoms with Crippen LogP contribution in [-0.2, 0) is 9.53 Å². The van der Waals surface area contributed by atoms with E-state index in [2.05, 4.69) is 26.4 Å². The predicted octanol–water partition coefficient (Wildman–Crippen LogP) is 4.72. The molecule has 0 amide bonds. The van der Waals surface area contributed by atoms with Gasteiger partial charge in [0.2, 0.25) is 0 Å². The summed E-state index contributed by atoms with van der Waals surface area (Å²) in [5, 5.41) is 0.382. The molecule has 2 aromatic rings. The van der Waals surface area contributed by atoms with Crippen LogP contribution in [0.4, 0.5) is 0 Å². The highest BCUT2D eigenvalue weighted by molar-refractivity contribution is 6.33. The molecule has 0 N–H and O–H groups in total. The minimum Gasteiger partial charge on any atom is -0.462 e. The number of halogens is 1. The maximum Gasteiger partial charge on any atom is 0.306 e. The van der Waals surface area contributed by atoms with Crippen molar-refractivity contribution in [2.75, 3.05) is 0 Å². The van der Waals surface area contributed by atoms with Crippen molar-refractivity contribution >= 4 is 28.7 Å². The molecule has 2 aromatic heterocycles. The number of rotatable bonds is 8. The molecule has 4 atom stereocenters. The Bertz CT molecular complexity index is 808. The first-order valence-corrected chi connectivity index (χ1v) is 10.6. The van der Waals surface area contributed by atoms with Crippen molar-refractivity contribution in [3.8, 4) is 0 Å². The van der Waals surface area contributed by atoms with Gasteiger partial charge in [-0.15, -0.1) is 0 Å². The standard InChI is InChI=1S/C20H27ClN4O2/c1-2-3-4-5-6-7-17(26)27-16-10-13-8-14(16)15(9-13)25-12-24-18-19(21)22-11-23-20(18)25/h11-16H,2-10H2,1H3/t13-,14+,15+,16-/m0/s1. The Morgan fingerprint density at radius 3 is 2.85 bits per heavy atom. The highest BCUT2D eigenvalue weighted by atomic mass is 35.5. The first kappa shape index (κ1) is 18.7. The van der Waals surface area contributed by atoms with Crippen LogP contribution in [0.2, 0.25) is 5.15 Å². The van der Waals surface area contributed by atoms with Gasteiger partial charge in [-0.05, 0) is 31.6 Å². The highest BCUT2D eigenvalue weighted by Gasteiger charge is 2.49. The molecule has 0 unspecified atom stereocenters. The smallest absolute Gasteiger partial charge is 0.306 e. The van der Waals surface area contributed by atoms with E-state index in [1.165, 1.54) is 25.6 Å². The maximum atomic E-state index is 12.3. The number of aromatic nitrogens is 4. The number of esters is 1. The molecule has 146 valence electrons. The third kappa shape index (κ3) is 3.82. The van der Waals surface area contributed by atoms with Crippen molar-refractivity contribution < 1.29 is 9.53 Å². The number of hydrogen-bond donors (Lipinski definition) is 0. The molecule has 2 heterocycles. The average molecular weight is 391 g/mol. The van der Waals surface area contributed by atoms with E-state index >= 15 is 0 Å². The second kappa shape index (κ2) is 8.13. The molecule has 2 aliphatic rings. The van der Waals surface area contributed by atoms with Crippen LogP contribution in [0, 0.1) is 11.8 Å². The number of nitrogens with zero attached hydrogens (tertiary/aromatic N) is 4. The average Bonchev–Trinajstić information content (AvgIpc) is 3.35. The summed E-state index contributed by atoms with van der Waals surface area (Å²) in [5.74, 6) is 0.908. The molecule has 7 heteroatoms. The Labute approximate surface area is 164 Å². The van der Waals surface area contributed by atoms with Gasteiger partial charge in [-0.25, -0.2) is 15.0 Å². The molecule has 27 heavy (non-hydrogen) atoms. The number of hydrogen-bond acceptors (Lipinski definition) is 5. The summed E-state index contributed by atoms with van der Waals surface area (Å²) >= 11 is 6.14. The Morgan fingerprint density at radius 1 is 1.19 bits per heavy atom. The fourth-order valence-corrected chi connectivity index (χ4v) is 5.05. The fourth-order valence-electron chi connectivity index (χ4n) is 4.87. The first-order chi connectivity index (χ1) is 13.2. The zero-order chi connectivity index (χ0) is 18.8. The van der Waals surface area contributed by atoms with Crippen molar-refractivity contribution in [1.82, 2.24) is 19.5 Å². The molecule has 2 fully saturated rings. The van der Waals surface area contributed by atoms with Gasteiger partial charge < -0.3 is 9.30 Å². The van der Waals surface area contributed by atoms with Crippen LogP contribution in [-0.4, -0.2) is 31.6 Å². The van der Waals surface area contributed by atoms with Crippen LogP contribution in [0.25, 0.3) is 11.2 Å². The summed E-state index contributed by atoms with van der Waals surface area (Å²) in [4.78, 5) is 25.1. The molecule has 0 radical (unpaired) electrons. The van der Waals surface area contributed by atoms with Crippen molar-refractivity contribution in [2.24, 2.45) is 11.8 Å². The van der Waals surface area contributed by atoms with E-state index < -0.39 is 0 Å². The second-order valence-electron chi connectivity index (χ2n) is 7.99. The molecular formula is C20H27ClN4O2. The van der Waals surface area contributed by atoms with Gasteiger partial charge in [0.25, 0.3) is 0 Å². The molecule has 2 saturated carbocycles. The van der Waals surface area contributed by atoms with Crippen molar-refractivity contribution in [3.05, 3.63) is 17.8 Å². The van der Waals surface area contributed by atoms with Gasteiger partial charge in [0.05, 0.1) is 6.33 Å². The highest BCUT2D eigenvalue weighted by Crippen LogP contribution is 2.52. The molecule has 0 saturated heterocycles. The van der Waals surface area contributed by atoms with E-state index in [1.807, 2.05) is 6.33 Å². The second-order valence-corrected chi connectivity index (χ2v) is 8.34. The summed E-state index contributed by atoms with van der Waals surface area (Å²) < 4.78 is 7.99. The summed E-state index contributed by atoms with van der Waals surface area (Å²) in [6.07, 6.45) is 12.8. The number of unbranched alkanes of at least 4 members (excludes halogenated alkanes) is 4. The predicted molar refractivity (Wildman–Crippen MR) is 103 cm³/mol. The van der Waals surface area contributed by atoms with Gasteiger partial charge >= 0.3 is 5.97 Å². The van der Waals surface area contributed by atoms with Gasteiger partial charge in [-0.3, -0.25) is 4.79 Å². The van der Waals surface area contributed by atoms with Crippen molar-refractivity contribution in [2.45, 2.75) is 76.9 Å². The Hall–Kier alpha value is -1.69. The first-order valence-electron chi connectivity index (χ1n) is 10.2. The number of carbonyl (C=O) groups excluding carboxylic acids is 1. The quantitative estimate of drug-likeness (QED) is 0.370. The lowest BCUT2D eigenvalue weighted by Gasteiger charge is -2.30. The van der Waals surface area contributed by atoms with E-state index in [4.69, 9.17) is 16.3 Å². The lowest BCUT2D eigenvalue weighted by atomic mass is 9.92. The number of carbonyl (C=O) groups is 1. The van der Waals surface area contributed by atoms with Crippen LogP contribution in [0.3, 0.4) is 0 Å². The number of ether oxygens (including phenoxy) is 1. The normalized spacial score (nSPS) is 26.7. The lowest BCUT2D eigenvalue weighted by molar-refractivity contribution is -0.152. The van der Waals surface area contributed by atoms with Crippen LogP contribution in [0.5, 0.6) is 0 Å². The topological polar surface area (TPSA) is 69.9 Å². The SMILES string of the molecule is CCCCCCCC(=O)O[C@H]1C[C@H]2C[C@@H]1[C@H](n1cnc3c(Cl)ncnc31)C2.